The van der Waals surface area contributed by atoms with E-state index in [4.69, 9.17) is 0 Å². The molecule has 0 amide bonds. The highest BCUT2D eigenvalue weighted by molar-refractivity contribution is 5.32. The van der Waals surface area contributed by atoms with Gasteiger partial charge in [-0.3, -0.25) is 0 Å². The third kappa shape index (κ3) is 24.9. The van der Waals surface area contributed by atoms with E-state index < -0.39 is 0 Å². The predicted octanol–water partition coefficient (Wildman–Crippen LogP) is 12.9. The van der Waals surface area contributed by atoms with Crippen molar-refractivity contribution in [2.24, 2.45) is 0 Å². The van der Waals surface area contributed by atoms with Crippen LogP contribution in [0, 0.1) is 0 Å². The van der Waals surface area contributed by atoms with Gasteiger partial charge in [0.15, 0.2) is 0 Å². The van der Waals surface area contributed by atoms with Gasteiger partial charge in [-0.05, 0) is 94.9 Å². The van der Waals surface area contributed by atoms with Crippen LogP contribution < -0.4 is 0 Å². The van der Waals surface area contributed by atoms with Gasteiger partial charge in [0, 0.05) is 0 Å². The molecule has 0 aliphatic carbocycles. The lowest BCUT2D eigenvalue weighted by molar-refractivity contribution is 0.967. The summed E-state index contributed by atoms with van der Waals surface area (Å²) in [5.74, 6) is 0. The minimum atomic E-state index is 1.12. The van der Waals surface area contributed by atoms with Gasteiger partial charge in [0.1, 0.15) is 0 Å². The quantitative estimate of drug-likeness (QED) is 0.136. The molecule has 40 heavy (non-hydrogen) atoms. The fraction of sp³-hybridized carbons (Fsp3) is 0.350. The summed E-state index contributed by atoms with van der Waals surface area (Å²) in [5.41, 5.74) is 10.5. The van der Waals surface area contributed by atoms with Gasteiger partial charge in [-0.2, -0.15) is 0 Å². The molecule has 0 fully saturated rings. The summed E-state index contributed by atoms with van der Waals surface area (Å²) in [5, 5.41) is 0. The second kappa shape index (κ2) is 23.5. The average molecular weight is 537 g/mol. The summed E-state index contributed by atoms with van der Waals surface area (Å²) in [6.45, 7) is 21.5. The lowest BCUT2D eigenvalue weighted by Gasteiger charge is -1.96. The van der Waals surface area contributed by atoms with Gasteiger partial charge in [-0.15, -0.1) is 0 Å². The zero-order chi connectivity index (χ0) is 30.2. The van der Waals surface area contributed by atoms with Crippen molar-refractivity contribution in [2.75, 3.05) is 0 Å². The normalized spacial score (nSPS) is 15.1. The number of rotatable bonds is 16. The molecule has 0 aliphatic heterocycles. The van der Waals surface area contributed by atoms with E-state index in [-0.39, 0.29) is 0 Å². The zero-order valence-corrected chi connectivity index (χ0v) is 27.2. The second-order valence-electron chi connectivity index (χ2n) is 11.1. The molecule has 0 saturated carbocycles. The molecule has 0 heterocycles. The Bertz CT molecular complexity index is 1050. The molecule has 0 saturated heterocycles. The Morgan fingerprint density at radius 1 is 0.350 bits per heavy atom. The molecule has 0 atom stereocenters. The van der Waals surface area contributed by atoms with Crippen LogP contribution in [-0.4, -0.2) is 0 Å². The molecule has 0 bridgehead atoms. The van der Waals surface area contributed by atoms with Crippen molar-refractivity contribution < 1.29 is 0 Å². The van der Waals surface area contributed by atoms with Gasteiger partial charge in [0.2, 0.25) is 0 Å². The van der Waals surface area contributed by atoms with Crippen LogP contribution in [0.4, 0.5) is 0 Å². The van der Waals surface area contributed by atoms with Gasteiger partial charge in [0.05, 0.1) is 0 Å². The van der Waals surface area contributed by atoms with Crippen molar-refractivity contribution in [3.63, 3.8) is 0 Å². The highest BCUT2D eigenvalue weighted by Gasteiger charge is 1.88. The van der Waals surface area contributed by atoms with E-state index >= 15 is 0 Å². The number of hydrogen-bond acceptors (Lipinski definition) is 0. The minimum Gasteiger partial charge on any atom is -0.0856 e. The van der Waals surface area contributed by atoms with Crippen LogP contribution in [0.5, 0.6) is 0 Å². The molecule has 0 aliphatic rings. The molecule has 0 heteroatoms. The SMILES string of the molecule is CC(C)=CCCC(C)=CC=CC(C)=C/C=C/C(C)=C/C=C/C=C(C)/C=C/C=C(C)/C=C/C=C(\C)CCC=C(C)C. The fourth-order valence-electron chi connectivity index (χ4n) is 3.41. The summed E-state index contributed by atoms with van der Waals surface area (Å²) < 4.78 is 0. The Kier molecular flexibility index (Phi) is 21.5. The smallest absolute Gasteiger partial charge is 0.0285 e. The fourth-order valence-corrected chi connectivity index (χ4v) is 3.41. The van der Waals surface area contributed by atoms with Gasteiger partial charge in [0.25, 0.3) is 0 Å². The monoisotopic (exact) mass is 536 g/mol. The van der Waals surface area contributed by atoms with Crippen molar-refractivity contribution >= 4 is 0 Å². The Hall–Kier alpha value is -3.38. The lowest BCUT2D eigenvalue weighted by atomic mass is 10.1. The summed E-state index contributed by atoms with van der Waals surface area (Å²) in [4.78, 5) is 0. The van der Waals surface area contributed by atoms with E-state index in [1.54, 1.807) is 0 Å². The van der Waals surface area contributed by atoms with Crippen molar-refractivity contribution in [3.8, 4) is 0 Å². The predicted molar refractivity (Wildman–Crippen MR) is 186 cm³/mol. The summed E-state index contributed by atoms with van der Waals surface area (Å²) in [7, 11) is 0. The lowest BCUT2D eigenvalue weighted by Crippen LogP contribution is -1.76. The standard InChI is InChI=1S/C40H56/c1-33(2)19-13-23-37(7)27-17-31-39(9)29-15-25-35(5)21-11-12-22-36(6)26-16-30-40(10)32-18-28-38(8)24-14-20-34(3)4/h11-12,15-22,25-32H,13-14,23-24H2,1-10H3/b12-11+,25-15+,26-16+,31-17+,32-18?,35-21+,36-22+,37-27+,38-28?,39-29+,40-30?. The molecule has 0 spiro atoms. The van der Waals surface area contributed by atoms with E-state index in [1.807, 2.05) is 0 Å². The first-order valence-electron chi connectivity index (χ1n) is 14.7. The average Bonchev–Trinajstić information content (AvgIpc) is 2.86. The van der Waals surface area contributed by atoms with Crippen LogP contribution in [0.3, 0.4) is 0 Å². The number of hydrogen-bond donors (Lipinski definition) is 0. The van der Waals surface area contributed by atoms with E-state index in [0.29, 0.717) is 0 Å². The Morgan fingerprint density at radius 3 is 0.925 bits per heavy atom. The maximum Gasteiger partial charge on any atom is -0.0285 e. The molecule has 0 aromatic carbocycles. The Labute approximate surface area is 248 Å². The molecule has 0 aromatic rings. The maximum absolute atomic E-state index is 2.30. The molecule has 0 aromatic heterocycles. The largest absolute Gasteiger partial charge is 0.0856 e. The first kappa shape index (κ1) is 36.6. The molecule has 0 N–H and O–H groups in total. The first-order valence-corrected chi connectivity index (χ1v) is 14.7. The molecule has 216 valence electrons. The van der Waals surface area contributed by atoms with Crippen molar-refractivity contribution in [3.05, 3.63) is 154 Å². The van der Waals surface area contributed by atoms with E-state index in [0.717, 1.165) is 25.7 Å². The summed E-state index contributed by atoms with van der Waals surface area (Å²) in [6.07, 6.45) is 43.3. The van der Waals surface area contributed by atoms with Crippen molar-refractivity contribution in [1.82, 2.24) is 0 Å². The second-order valence-corrected chi connectivity index (χ2v) is 11.1. The maximum atomic E-state index is 2.30. The summed E-state index contributed by atoms with van der Waals surface area (Å²) >= 11 is 0. The van der Waals surface area contributed by atoms with Crippen LogP contribution in [0.2, 0.25) is 0 Å². The van der Waals surface area contributed by atoms with Crippen LogP contribution in [0.1, 0.15) is 94.9 Å². The molecular formula is C40H56. The highest BCUT2D eigenvalue weighted by Crippen LogP contribution is 2.09. The highest BCUT2D eigenvalue weighted by atomic mass is 13.9. The molecule has 0 radical (unpaired) electrons. The molecule has 0 rings (SSSR count). The first-order chi connectivity index (χ1) is 19.0. The van der Waals surface area contributed by atoms with E-state index in [1.165, 1.54) is 44.6 Å². The Morgan fingerprint density at radius 2 is 0.625 bits per heavy atom. The third-order valence-corrected chi connectivity index (χ3v) is 5.93. The van der Waals surface area contributed by atoms with Gasteiger partial charge in [-0.1, -0.05) is 154 Å². The molecule has 0 nitrogen and oxygen atoms in total. The van der Waals surface area contributed by atoms with E-state index in [9.17, 15) is 0 Å². The van der Waals surface area contributed by atoms with Gasteiger partial charge < -0.3 is 0 Å². The van der Waals surface area contributed by atoms with Crippen molar-refractivity contribution in [2.45, 2.75) is 94.9 Å². The van der Waals surface area contributed by atoms with Crippen molar-refractivity contribution in [1.29, 1.82) is 0 Å². The minimum absolute atomic E-state index is 1.12. The molecular weight excluding hydrogens is 480 g/mol. The molecule has 0 unspecified atom stereocenters. The number of allylic oxidation sites excluding steroid dienone is 26. The summed E-state index contributed by atoms with van der Waals surface area (Å²) in [6, 6.07) is 0. The van der Waals surface area contributed by atoms with Gasteiger partial charge >= 0.3 is 0 Å². The third-order valence-electron chi connectivity index (χ3n) is 5.93. The Balaban J connectivity index is 4.70. The van der Waals surface area contributed by atoms with Crippen LogP contribution in [0.25, 0.3) is 0 Å². The zero-order valence-electron chi connectivity index (χ0n) is 27.2. The van der Waals surface area contributed by atoms with Gasteiger partial charge in [-0.25, -0.2) is 0 Å². The van der Waals surface area contributed by atoms with Crippen LogP contribution in [-0.2, 0) is 0 Å². The topological polar surface area (TPSA) is 0 Å². The van der Waals surface area contributed by atoms with E-state index in [2.05, 4.69) is 179 Å². The van der Waals surface area contributed by atoms with Crippen LogP contribution in [0.15, 0.2) is 154 Å². The van der Waals surface area contributed by atoms with Crippen LogP contribution >= 0.6 is 0 Å².